The summed E-state index contributed by atoms with van der Waals surface area (Å²) in [4.78, 5) is 23.2. The fourth-order valence-corrected chi connectivity index (χ4v) is 2.64. The average molecular weight is 385 g/mol. The van der Waals surface area contributed by atoms with Crippen molar-refractivity contribution >= 4 is 21.7 Å². The van der Waals surface area contributed by atoms with E-state index in [1.807, 2.05) is 0 Å². The normalized spacial score (nSPS) is 12.4. The summed E-state index contributed by atoms with van der Waals surface area (Å²) in [6.07, 6.45) is -0.380. The predicted molar refractivity (Wildman–Crippen MR) is 88.0 cm³/mol. The molecule has 0 fully saturated rings. The third kappa shape index (κ3) is 5.88. The van der Waals surface area contributed by atoms with E-state index in [9.17, 15) is 22.4 Å². The Morgan fingerprint density at radius 2 is 1.88 bits per heavy atom. The van der Waals surface area contributed by atoms with E-state index in [0.717, 1.165) is 18.4 Å². The number of carboxylic acids is 1. The van der Waals surface area contributed by atoms with Crippen molar-refractivity contribution in [3.05, 3.63) is 53.7 Å². The Morgan fingerprint density at radius 3 is 2.46 bits per heavy atom. The van der Waals surface area contributed by atoms with Crippen molar-refractivity contribution in [3.63, 3.8) is 0 Å². The van der Waals surface area contributed by atoms with Crippen LogP contribution in [0.1, 0.15) is 16.3 Å². The second-order valence-corrected chi connectivity index (χ2v) is 7.58. The molecule has 10 heteroatoms. The molecule has 0 bridgehead atoms. The van der Waals surface area contributed by atoms with Gasteiger partial charge in [-0.25, -0.2) is 17.6 Å². The number of hydrogen-bond donors (Lipinski definition) is 2. The Bertz CT molecular complexity index is 890. The number of hydrogen-bond acceptors (Lipinski definition) is 6. The van der Waals surface area contributed by atoms with Crippen LogP contribution in [0.3, 0.4) is 0 Å². The molecule has 0 spiro atoms. The average Bonchev–Trinajstić information content (AvgIpc) is 2.99. The van der Waals surface area contributed by atoms with E-state index in [1.54, 1.807) is 0 Å². The molecule has 1 heterocycles. The summed E-state index contributed by atoms with van der Waals surface area (Å²) in [5, 5.41) is 11.5. The first-order valence-corrected chi connectivity index (χ1v) is 9.40. The maximum absolute atomic E-state index is 12.9. The Hall–Kier alpha value is -2.88. The molecular formula is C16H16FNO7S. The van der Waals surface area contributed by atoms with E-state index >= 15 is 0 Å². The van der Waals surface area contributed by atoms with Crippen molar-refractivity contribution in [1.29, 1.82) is 0 Å². The van der Waals surface area contributed by atoms with Crippen LogP contribution in [0.15, 0.2) is 40.8 Å². The van der Waals surface area contributed by atoms with Crippen LogP contribution in [0, 0.1) is 5.82 Å². The lowest BCUT2D eigenvalue weighted by Gasteiger charge is -2.15. The molecule has 0 saturated heterocycles. The van der Waals surface area contributed by atoms with E-state index in [4.69, 9.17) is 14.3 Å². The molecule has 1 aromatic heterocycles. The minimum absolute atomic E-state index is 0.0926. The molecule has 1 unspecified atom stereocenters. The van der Waals surface area contributed by atoms with Gasteiger partial charge in [-0.1, -0.05) is 0 Å². The third-order valence-corrected chi connectivity index (χ3v) is 3.91. The Balaban J connectivity index is 1.96. The molecule has 2 rings (SSSR count). The van der Waals surface area contributed by atoms with Crippen molar-refractivity contribution in [3.8, 4) is 5.75 Å². The van der Waals surface area contributed by atoms with Gasteiger partial charge in [0.2, 0.25) is 6.10 Å². The molecule has 8 nitrogen and oxygen atoms in total. The minimum Gasteiger partial charge on any atom is -0.478 e. The van der Waals surface area contributed by atoms with E-state index in [2.05, 4.69) is 5.32 Å². The van der Waals surface area contributed by atoms with Gasteiger partial charge in [-0.2, -0.15) is 0 Å². The number of sulfone groups is 1. The lowest BCUT2D eigenvalue weighted by Crippen LogP contribution is -2.40. The van der Waals surface area contributed by atoms with Crippen LogP contribution in [0.2, 0.25) is 0 Å². The molecule has 1 amide bonds. The number of aliphatic carboxylic acids is 1. The van der Waals surface area contributed by atoms with Crippen LogP contribution in [-0.2, 0) is 20.4 Å². The smallest absolute Gasteiger partial charge is 0.346 e. The lowest BCUT2D eigenvalue weighted by atomic mass is 10.3. The van der Waals surface area contributed by atoms with Gasteiger partial charge < -0.3 is 19.6 Å². The SMILES string of the molecule is CS(=O)(=O)Cc1ccc(C(=O)NCC(Oc2ccc(F)cc2)C(=O)O)o1. The van der Waals surface area contributed by atoms with Crippen molar-refractivity contribution in [1.82, 2.24) is 5.32 Å². The summed E-state index contributed by atoms with van der Waals surface area (Å²) in [5.41, 5.74) is 0. The number of halogens is 1. The molecule has 1 atom stereocenters. The highest BCUT2D eigenvalue weighted by atomic mass is 32.2. The summed E-state index contributed by atoms with van der Waals surface area (Å²) < 4.78 is 45.6. The van der Waals surface area contributed by atoms with Gasteiger partial charge in [-0.05, 0) is 36.4 Å². The first-order chi connectivity index (χ1) is 12.1. The fourth-order valence-electron chi connectivity index (χ4n) is 1.97. The van der Waals surface area contributed by atoms with Gasteiger partial charge in [-0.15, -0.1) is 0 Å². The molecule has 0 aliphatic rings. The van der Waals surface area contributed by atoms with Gasteiger partial charge in [0.15, 0.2) is 15.6 Å². The number of furan rings is 1. The molecule has 140 valence electrons. The summed E-state index contributed by atoms with van der Waals surface area (Å²) >= 11 is 0. The molecule has 1 aromatic carbocycles. The van der Waals surface area contributed by atoms with Gasteiger partial charge in [0.1, 0.15) is 23.1 Å². The van der Waals surface area contributed by atoms with E-state index in [1.165, 1.54) is 24.3 Å². The largest absolute Gasteiger partial charge is 0.478 e. The highest BCUT2D eigenvalue weighted by Gasteiger charge is 2.22. The van der Waals surface area contributed by atoms with Crippen LogP contribution in [-0.4, -0.2) is 44.3 Å². The van der Waals surface area contributed by atoms with Crippen LogP contribution in [0.5, 0.6) is 5.75 Å². The highest BCUT2D eigenvalue weighted by Crippen LogP contribution is 2.14. The zero-order valence-electron chi connectivity index (χ0n) is 13.6. The van der Waals surface area contributed by atoms with E-state index in [-0.39, 0.29) is 29.6 Å². The first-order valence-electron chi connectivity index (χ1n) is 7.34. The summed E-state index contributed by atoms with van der Waals surface area (Å²) in [7, 11) is -3.31. The first kappa shape index (κ1) is 19.4. The van der Waals surface area contributed by atoms with Gasteiger partial charge >= 0.3 is 5.97 Å². The second kappa shape index (κ2) is 8.00. The number of rotatable bonds is 8. The molecule has 0 aliphatic heterocycles. The third-order valence-electron chi connectivity index (χ3n) is 3.11. The number of ether oxygens (including phenoxy) is 1. The summed E-state index contributed by atoms with van der Waals surface area (Å²) in [5.74, 6) is -2.84. The van der Waals surface area contributed by atoms with Gasteiger partial charge in [-0.3, -0.25) is 4.79 Å². The quantitative estimate of drug-likeness (QED) is 0.700. The van der Waals surface area contributed by atoms with Crippen molar-refractivity contribution < 1.29 is 36.7 Å². The van der Waals surface area contributed by atoms with Crippen molar-refractivity contribution in [2.45, 2.75) is 11.9 Å². The number of carboxylic acid groups (broad SMARTS) is 1. The summed E-state index contributed by atoms with van der Waals surface area (Å²) in [6, 6.07) is 7.37. The van der Waals surface area contributed by atoms with Gasteiger partial charge in [0.25, 0.3) is 5.91 Å². The Morgan fingerprint density at radius 1 is 1.23 bits per heavy atom. The van der Waals surface area contributed by atoms with Crippen molar-refractivity contribution in [2.24, 2.45) is 0 Å². The number of benzene rings is 1. The van der Waals surface area contributed by atoms with Crippen LogP contribution in [0.25, 0.3) is 0 Å². The van der Waals surface area contributed by atoms with Crippen LogP contribution < -0.4 is 10.1 Å². The molecule has 0 aliphatic carbocycles. The highest BCUT2D eigenvalue weighted by molar-refractivity contribution is 7.89. The van der Waals surface area contributed by atoms with Crippen molar-refractivity contribution in [2.75, 3.05) is 12.8 Å². The standard InChI is InChI=1S/C16H16FNO7S/c1-26(22,23)9-12-6-7-13(25-12)15(19)18-8-14(16(20)21)24-11-4-2-10(17)3-5-11/h2-7,14H,8-9H2,1H3,(H,18,19)(H,20,21). The molecule has 2 aromatic rings. The number of nitrogens with one attached hydrogen (secondary N) is 1. The maximum Gasteiger partial charge on any atom is 0.346 e. The number of amides is 1. The second-order valence-electron chi connectivity index (χ2n) is 5.44. The molecule has 2 N–H and O–H groups in total. The van der Waals surface area contributed by atoms with Crippen LogP contribution >= 0.6 is 0 Å². The zero-order valence-corrected chi connectivity index (χ0v) is 14.5. The predicted octanol–water partition coefficient (Wildman–Crippen LogP) is 1.23. The molecule has 0 radical (unpaired) electrons. The Labute approximate surface area is 148 Å². The lowest BCUT2D eigenvalue weighted by molar-refractivity contribution is -0.144. The monoisotopic (exact) mass is 385 g/mol. The number of carbonyl (C=O) groups is 2. The minimum atomic E-state index is -3.31. The van der Waals surface area contributed by atoms with Crippen LogP contribution in [0.4, 0.5) is 4.39 Å². The Kier molecular flexibility index (Phi) is 5.98. The zero-order chi connectivity index (χ0) is 19.3. The molecular weight excluding hydrogens is 369 g/mol. The van der Waals surface area contributed by atoms with E-state index in [0.29, 0.717) is 0 Å². The molecule has 0 saturated carbocycles. The van der Waals surface area contributed by atoms with Gasteiger partial charge in [0.05, 0.1) is 6.54 Å². The summed E-state index contributed by atoms with van der Waals surface area (Å²) in [6.45, 7) is -0.381. The fraction of sp³-hybridized carbons (Fsp3) is 0.250. The van der Waals surface area contributed by atoms with Gasteiger partial charge in [0, 0.05) is 6.26 Å². The molecule has 26 heavy (non-hydrogen) atoms. The van der Waals surface area contributed by atoms with E-state index < -0.39 is 33.6 Å². The maximum atomic E-state index is 12.9. The number of carbonyl (C=O) groups excluding carboxylic acids is 1. The topological polar surface area (TPSA) is 123 Å².